The molecule has 18 heavy (non-hydrogen) atoms. The number of unbranched alkanes of at least 4 members (excludes halogenated alkanes) is 1. The summed E-state index contributed by atoms with van der Waals surface area (Å²) in [6, 6.07) is 4.30. The molecule has 0 amide bonds. The van der Waals surface area contributed by atoms with Gasteiger partial charge in [0.15, 0.2) is 0 Å². The van der Waals surface area contributed by atoms with Crippen molar-refractivity contribution < 1.29 is 5.11 Å². The van der Waals surface area contributed by atoms with Gasteiger partial charge >= 0.3 is 0 Å². The minimum absolute atomic E-state index is 0.00163. The minimum atomic E-state index is -0.00163. The van der Waals surface area contributed by atoms with E-state index >= 15 is 0 Å². The lowest BCUT2D eigenvalue weighted by molar-refractivity contribution is 0.283. The molecule has 0 aliphatic rings. The summed E-state index contributed by atoms with van der Waals surface area (Å²) in [4.78, 5) is 0. The highest BCUT2D eigenvalue weighted by atomic mass is 35.5. The Morgan fingerprint density at radius 2 is 2.00 bits per heavy atom. The van der Waals surface area contributed by atoms with E-state index in [0.29, 0.717) is 5.15 Å². The molecule has 0 bridgehead atoms. The van der Waals surface area contributed by atoms with Crippen LogP contribution < -0.4 is 0 Å². The molecule has 2 rings (SSSR count). The van der Waals surface area contributed by atoms with E-state index < -0.39 is 0 Å². The minimum Gasteiger partial charge on any atom is -0.392 e. The molecule has 0 aliphatic carbocycles. The first kappa shape index (κ1) is 13.4. The molecule has 98 valence electrons. The van der Waals surface area contributed by atoms with Crippen molar-refractivity contribution in [1.29, 1.82) is 0 Å². The Kier molecular flexibility index (Phi) is 3.98. The van der Waals surface area contributed by atoms with Crippen molar-refractivity contribution >= 4 is 22.5 Å². The van der Waals surface area contributed by atoms with Crippen molar-refractivity contribution in [3.63, 3.8) is 0 Å². The highest BCUT2D eigenvalue weighted by molar-refractivity contribution is 6.32. The van der Waals surface area contributed by atoms with Crippen LogP contribution in [-0.4, -0.2) is 9.67 Å². The third-order valence-corrected chi connectivity index (χ3v) is 3.86. The first-order valence-corrected chi connectivity index (χ1v) is 6.86. The Morgan fingerprint density at radius 3 is 2.61 bits per heavy atom. The Balaban J connectivity index is 2.72. The lowest BCUT2D eigenvalue weighted by Crippen LogP contribution is -1.98. The fourth-order valence-corrected chi connectivity index (χ4v) is 2.93. The SMILES string of the molecule is CCCCn1c(Cl)c(CO)c2c(C)cc(C)cc21. The number of fused-ring (bicyclic) bond motifs is 1. The van der Waals surface area contributed by atoms with Crippen LogP contribution in [0.25, 0.3) is 10.9 Å². The van der Waals surface area contributed by atoms with Gasteiger partial charge in [-0.3, -0.25) is 0 Å². The van der Waals surface area contributed by atoms with E-state index in [9.17, 15) is 5.11 Å². The second-order valence-electron chi connectivity index (χ2n) is 4.91. The Labute approximate surface area is 113 Å². The summed E-state index contributed by atoms with van der Waals surface area (Å²) in [6.45, 7) is 7.25. The van der Waals surface area contributed by atoms with Gasteiger partial charge in [-0.05, 0) is 37.5 Å². The zero-order valence-electron chi connectivity index (χ0n) is 11.3. The number of aryl methyl sites for hydroxylation is 3. The van der Waals surface area contributed by atoms with E-state index in [2.05, 4.69) is 37.5 Å². The van der Waals surface area contributed by atoms with E-state index in [0.717, 1.165) is 35.9 Å². The molecule has 1 N–H and O–H groups in total. The van der Waals surface area contributed by atoms with E-state index in [1.54, 1.807) is 0 Å². The zero-order valence-corrected chi connectivity index (χ0v) is 12.0. The third kappa shape index (κ3) is 2.15. The van der Waals surface area contributed by atoms with Gasteiger partial charge in [-0.1, -0.05) is 31.0 Å². The standard InChI is InChI=1S/C15H20ClNO/c1-4-5-6-17-13-8-10(2)7-11(3)14(13)12(9-18)15(17)16/h7-8,18H,4-6,9H2,1-3H3. The van der Waals surface area contributed by atoms with Crippen LogP contribution in [0.3, 0.4) is 0 Å². The maximum absolute atomic E-state index is 9.55. The highest BCUT2D eigenvalue weighted by Crippen LogP contribution is 2.33. The van der Waals surface area contributed by atoms with Crippen molar-refractivity contribution in [3.8, 4) is 0 Å². The molecule has 0 fully saturated rings. The number of nitrogens with zero attached hydrogens (tertiary/aromatic N) is 1. The molecule has 2 nitrogen and oxygen atoms in total. The molecule has 0 saturated heterocycles. The van der Waals surface area contributed by atoms with Gasteiger partial charge in [0.1, 0.15) is 5.15 Å². The molecule has 0 unspecified atom stereocenters. The number of aliphatic hydroxyl groups excluding tert-OH is 1. The summed E-state index contributed by atoms with van der Waals surface area (Å²) in [5, 5.41) is 11.4. The molecule has 1 aromatic carbocycles. The molecule has 2 aromatic rings. The summed E-state index contributed by atoms with van der Waals surface area (Å²) in [6.07, 6.45) is 2.23. The van der Waals surface area contributed by atoms with Crippen LogP contribution >= 0.6 is 11.6 Å². The molecular weight excluding hydrogens is 246 g/mol. The number of hydrogen-bond acceptors (Lipinski definition) is 1. The molecular formula is C15H20ClNO. The lowest BCUT2D eigenvalue weighted by Gasteiger charge is -2.07. The number of aromatic nitrogens is 1. The summed E-state index contributed by atoms with van der Waals surface area (Å²) < 4.78 is 2.13. The van der Waals surface area contributed by atoms with Crippen LogP contribution in [0.15, 0.2) is 12.1 Å². The summed E-state index contributed by atoms with van der Waals surface area (Å²) in [5.74, 6) is 0. The highest BCUT2D eigenvalue weighted by Gasteiger charge is 2.16. The molecule has 3 heteroatoms. The van der Waals surface area contributed by atoms with Crippen LogP contribution in [0.5, 0.6) is 0 Å². The monoisotopic (exact) mass is 265 g/mol. The zero-order chi connectivity index (χ0) is 13.3. The number of hydrogen-bond donors (Lipinski definition) is 1. The Bertz CT molecular complexity index is 572. The maximum atomic E-state index is 9.55. The second kappa shape index (κ2) is 5.33. The first-order valence-electron chi connectivity index (χ1n) is 6.48. The van der Waals surface area contributed by atoms with Crippen molar-refractivity contribution in [2.75, 3.05) is 0 Å². The molecule has 0 radical (unpaired) electrons. The van der Waals surface area contributed by atoms with Gasteiger partial charge in [-0.15, -0.1) is 0 Å². The summed E-state index contributed by atoms with van der Waals surface area (Å²) >= 11 is 6.42. The van der Waals surface area contributed by atoms with Gasteiger partial charge in [0.2, 0.25) is 0 Å². The van der Waals surface area contributed by atoms with Gasteiger partial charge in [0.05, 0.1) is 12.1 Å². The number of aliphatic hydroxyl groups is 1. The molecule has 1 heterocycles. The van der Waals surface area contributed by atoms with Crippen LogP contribution in [0.1, 0.15) is 36.5 Å². The van der Waals surface area contributed by atoms with Gasteiger partial charge < -0.3 is 9.67 Å². The smallest absolute Gasteiger partial charge is 0.115 e. The predicted octanol–water partition coefficient (Wildman–Crippen LogP) is 4.20. The number of rotatable bonds is 4. The van der Waals surface area contributed by atoms with Gasteiger partial charge in [-0.2, -0.15) is 0 Å². The fourth-order valence-electron chi connectivity index (χ4n) is 2.60. The van der Waals surface area contributed by atoms with Gasteiger partial charge in [0, 0.05) is 17.5 Å². The second-order valence-corrected chi connectivity index (χ2v) is 5.27. The average molecular weight is 266 g/mol. The lowest BCUT2D eigenvalue weighted by atomic mass is 10.0. The molecule has 1 aromatic heterocycles. The quantitative estimate of drug-likeness (QED) is 0.880. The van der Waals surface area contributed by atoms with Crippen molar-refractivity contribution in [2.24, 2.45) is 0 Å². The molecule has 0 spiro atoms. The predicted molar refractivity (Wildman–Crippen MR) is 77.3 cm³/mol. The Hall–Kier alpha value is -0.990. The molecule has 0 saturated carbocycles. The maximum Gasteiger partial charge on any atom is 0.115 e. The molecule has 0 aliphatic heterocycles. The van der Waals surface area contributed by atoms with Crippen molar-refractivity contribution in [1.82, 2.24) is 4.57 Å². The fraction of sp³-hybridized carbons (Fsp3) is 0.467. The largest absolute Gasteiger partial charge is 0.392 e. The normalized spacial score (nSPS) is 11.4. The number of benzene rings is 1. The van der Waals surface area contributed by atoms with Crippen molar-refractivity contribution in [3.05, 3.63) is 34.0 Å². The van der Waals surface area contributed by atoms with Crippen LogP contribution in [-0.2, 0) is 13.2 Å². The van der Waals surface area contributed by atoms with E-state index in [1.165, 1.54) is 11.1 Å². The van der Waals surface area contributed by atoms with E-state index in [4.69, 9.17) is 11.6 Å². The summed E-state index contributed by atoms with van der Waals surface area (Å²) in [5.41, 5.74) is 4.43. The van der Waals surface area contributed by atoms with Gasteiger partial charge in [0.25, 0.3) is 0 Å². The number of halogens is 1. The van der Waals surface area contributed by atoms with Crippen LogP contribution in [0, 0.1) is 13.8 Å². The summed E-state index contributed by atoms with van der Waals surface area (Å²) in [7, 11) is 0. The van der Waals surface area contributed by atoms with E-state index in [-0.39, 0.29) is 6.61 Å². The van der Waals surface area contributed by atoms with Crippen molar-refractivity contribution in [2.45, 2.75) is 46.8 Å². The first-order chi connectivity index (χ1) is 8.60. The third-order valence-electron chi connectivity index (χ3n) is 3.43. The van der Waals surface area contributed by atoms with E-state index in [1.807, 2.05) is 0 Å². The average Bonchev–Trinajstić information content (AvgIpc) is 2.59. The molecule has 0 atom stereocenters. The van der Waals surface area contributed by atoms with Crippen LogP contribution in [0.4, 0.5) is 0 Å². The van der Waals surface area contributed by atoms with Crippen LogP contribution in [0.2, 0.25) is 5.15 Å². The topological polar surface area (TPSA) is 25.2 Å². The Morgan fingerprint density at radius 1 is 1.28 bits per heavy atom. The van der Waals surface area contributed by atoms with Gasteiger partial charge in [-0.25, -0.2) is 0 Å².